The lowest BCUT2D eigenvalue weighted by molar-refractivity contribution is -0.870. The van der Waals surface area contributed by atoms with Crippen LogP contribution in [0.1, 0.15) is 0 Å². The van der Waals surface area contributed by atoms with Gasteiger partial charge in [0.2, 0.25) is 0 Å². The molecule has 76 valence electrons. The maximum Gasteiger partial charge on any atom is 0.101 e. The molecular formula is C5H22NO5+. The van der Waals surface area contributed by atoms with Crippen LogP contribution in [-0.4, -0.2) is 65.8 Å². The average molecular weight is 176 g/mol. The lowest BCUT2D eigenvalue weighted by atomic mass is 10.5. The molecule has 0 heterocycles. The van der Waals surface area contributed by atoms with Crippen LogP contribution in [0.25, 0.3) is 0 Å². The molecule has 0 rings (SSSR count). The molecule has 0 saturated heterocycles. The number of hydrogen-bond donors (Lipinski definition) is 1. The summed E-state index contributed by atoms with van der Waals surface area (Å²) in [6, 6.07) is 0. The fourth-order valence-corrected chi connectivity index (χ4v) is 0.300. The minimum Gasteiger partial charge on any atom is -0.412 e. The van der Waals surface area contributed by atoms with Crippen LogP contribution in [0.2, 0.25) is 0 Å². The summed E-state index contributed by atoms with van der Waals surface area (Å²) < 4.78 is 0.844. The van der Waals surface area contributed by atoms with Crippen LogP contribution in [0, 0.1) is 0 Å². The SMILES string of the molecule is C[N+](C)(C)CCO.O.O.O.O. The first-order chi connectivity index (χ1) is 3.06. The first kappa shape index (κ1) is 30.9. The summed E-state index contributed by atoms with van der Waals surface area (Å²) in [6.07, 6.45) is 0. The van der Waals surface area contributed by atoms with Gasteiger partial charge in [0.1, 0.15) is 6.54 Å². The molecule has 6 nitrogen and oxygen atoms in total. The van der Waals surface area contributed by atoms with Gasteiger partial charge in [0.05, 0.1) is 27.7 Å². The molecule has 0 aromatic rings. The number of likely N-dealkylation sites (N-methyl/N-ethyl adjacent to an activating group) is 1. The van der Waals surface area contributed by atoms with E-state index in [2.05, 4.69) is 21.1 Å². The van der Waals surface area contributed by atoms with Gasteiger partial charge in [0.15, 0.2) is 0 Å². The Bertz CT molecular complexity index is 53.3. The fourth-order valence-electron chi connectivity index (χ4n) is 0.300. The summed E-state index contributed by atoms with van der Waals surface area (Å²) in [6.45, 7) is 1.11. The van der Waals surface area contributed by atoms with E-state index in [9.17, 15) is 0 Å². The molecule has 0 amide bonds. The van der Waals surface area contributed by atoms with E-state index >= 15 is 0 Å². The van der Waals surface area contributed by atoms with Crippen molar-refractivity contribution in [2.45, 2.75) is 0 Å². The fraction of sp³-hybridized carbons (Fsp3) is 1.00. The Morgan fingerprint density at radius 3 is 1.18 bits per heavy atom. The second kappa shape index (κ2) is 12.4. The normalized spacial score (nSPS) is 7.64. The smallest absolute Gasteiger partial charge is 0.101 e. The first-order valence-electron chi connectivity index (χ1n) is 2.47. The monoisotopic (exact) mass is 176 g/mol. The van der Waals surface area contributed by atoms with Gasteiger partial charge in [-0.05, 0) is 0 Å². The third kappa shape index (κ3) is 41.6. The van der Waals surface area contributed by atoms with Gasteiger partial charge >= 0.3 is 0 Å². The zero-order valence-electron chi connectivity index (χ0n) is 7.31. The highest BCUT2D eigenvalue weighted by Crippen LogP contribution is 1.84. The third-order valence-electron chi connectivity index (χ3n) is 0.771. The number of nitrogens with zero attached hydrogens (tertiary/aromatic N) is 1. The molecule has 0 radical (unpaired) electrons. The van der Waals surface area contributed by atoms with E-state index in [1.165, 1.54) is 0 Å². The van der Waals surface area contributed by atoms with Crippen LogP contribution in [0.4, 0.5) is 0 Å². The molecule has 6 heteroatoms. The van der Waals surface area contributed by atoms with E-state index in [0.717, 1.165) is 11.0 Å². The van der Waals surface area contributed by atoms with Crippen molar-refractivity contribution in [2.24, 2.45) is 0 Å². The molecule has 0 bridgehead atoms. The Balaban J connectivity index is -0.0000000300. The summed E-state index contributed by atoms with van der Waals surface area (Å²) in [5, 5.41) is 8.39. The van der Waals surface area contributed by atoms with E-state index in [1.807, 2.05) is 0 Å². The molecule has 0 aromatic carbocycles. The van der Waals surface area contributed by atoms with Gasteiger partial charge in [0, 0.05) is 0 Å². The molecule has 0 aliphatic carbocycles. The highest BCUT2D eigenvalue weighted by Gasteiger charge is 2.02. The molecule has 9 N–H and O–H groups in total. The largest absolute Gasteiger partial charge is 0.412 e. The van der Waals surface area contributed by atoms with Crippen molar-refractivity contribution >= 4 is 0 Å². The summed E-state index contributed by atoms with van der Waals surface area (Å²) in [5.41, 5.74) is 0. The van der Waals surface area contributed by atoms with E-state index in [0.29, 0.717) is 0 Å². The molecule has 0 spiro atoms. The van der Waals surface area contributed by atoms with Gasteiger partial charge < -0.3 is 31.5 Å². The number of aliphatic hydroxyl groups is 1. The number of rotatable bonds is 2. The molecule has 0 aliphatic heterocycles. The lowest BCUT2D eigenvalue weighted by Gasteiger charge is -2.21. The quantitative estimate of drug-likeness (QED) is 0.425. The topological polar surface area (TPSA) is 146 Å². The van der Waals surface area contributed by atoms with Gasteiger partial charge in [-0.1, -0.05) is 0 Å². The van der Waals surface area contributed by atoms with Crippen molar-refractivity contribution < 1.29 is 31.5 Å². The minimum atomic E-state index is 0. The second-order valence-corrected chi connectivity index (χ2v) is 2.74. The van der Waals surface area contributed by atoms with E-state index in [1.54, 1.807) is 0 Å². The van der Waals surface area contributed by atoms with Gasteiger partial charge in [-0.2, -0.15) is 0 Å². The van der Waals surface area contributed by atoms with Crippen LogP contribution in [0.3, 0.4) is 0 Å². The number of hydrogen-bond acceptors (Lipinski definition) is 1. The summed E-state index contributed by atoms with van der Waals surface area (Å²) >= 11 is 0. The van der Waals surface area contributed by atoms with Crippen LogP contribution in [0.15, 0.2) is 0 Å². The molecule has 11 heavy (non-hydrogen) atoms. The molecule has 0 aromatic heterocycles. The average Bonchev–Trinajstić information content (AvgIpc) is 1.30. The van der Waals surface area contributed by atoms with Crippen molar-refractivity contribution in [1.29, 1.82) is 0 Å². The van der Waals surface area contributed by atoms with Gasteiger partial charge in [-0.15, -0.1) is 0 Å². The Labute approximate surface area is 66.9 Å². The second-order valence-electron chi connectivity index (χ2n) is 2.74. The Morgan fingerprint density at radius 2 is 1.18 bits per heavy atom. The maximum atomic E-state index is 8.39. The van der Waals surface area contributed by atoms with E-state index in [-0.39, 0.29) is 28.5 Å². The maximum absolute atomic E-state index is 8.39. The van der Waals surface area contributed by atoms with Crippen molar-refractivity contribution in [2.75, 3.05) is 34.3 Å². The van der Waals surface area contributed by atoms with E-state index < -0.39 is 0 Å². The highest BCUT2D eigenvalue weighted by atomic mass is 16.3. The number of aliphatic hydroxyl groups excluding tert-OH is 1. The molecule has 0 aliphatic rings. The van der Waals surface area contributed by atoms with Crippen molar-refractivity contribution in [3.8, 4) is 0 Å². The highest BCUT2D eigenvalue weighted by molar-refractivity contribution is 4.19. The predicted octanol–water partition coefficient (Wildman–Crippen LogP) is -3.61. The molecule has 0 atom stereocenters. The summed E-state index contributed by atoms with van der Waals surface area (Å²) in [4.78, 5) is 0. The Hall–Kier alpha value is -0.240. The van der Waals surface area contributed by atoms with Crippen LogP contribution in [0.5, 0.6) is 0 Å². The van der Waals surface area contributed by atoms with Gasteiger partial charge in [0.25, 0.3) is 0 Å². The number of quaternary nitrogens is 1. The molecule has 0 unspecified atom stereocenters. The molecule has 0 fully saturated rings. The zero-order valence-corrected chi connectivity index (χ0v) is 7.31. The van der Waals surface area contributed by atoms with Crippen molar-refractivity contribution in [3.05, 3.63) is 0 Å². The summed E-state index contributed by atoms with van der Waals surface area (Å²) in [5.74, 6) is 0. The molecular weight excluding hydrogens is 154 g/mol. The Morgan fingerprint density at radius 1 is 0.909 bits per heavy atom. The Kier molecular flexibility index (Phi) is 34.9. The van der Waals surface area contributed by atoms with E-state index in [4.69, 9.17) is 5.11 Å². The standard InChI is InChI=1S/C5H14NO.4H2O/c1-6(2,3)4-5-7;;;;/h7H,4-5H2,1-3H3;4*1H2/q+1;;;;. The summed E-state index contributed by atoms with van der Waals surface area (Å²) in [7, 11) is 6.16. The van der Waals surface area contributed by atoms with Crippen molar-refractivity contribution in [1.82, 2.24) is 0 Å². The first-order valence-corrected chi connectivity index (χ1v) is 2.47. The van der Waals surface area contributed by atoms with Gasteiger partial charge in [-0.25, -0.2) is 0 Å². The zero-order chi connectivity index (χ0) is 5.91. The van der Waals surface area contributed by atoms with Crippen molar-refractivity contribution in [3.63, 3.8) is 0 Å². The molecule has 0 saturated carbocycles. The lowest BCUT2D eigenvalue weighted by Crippen LogP contribution is -2.36. The van der Waals surface area contributed by atoms with Crippen LogP contribution in [-0.2, 0) is 0 Å². The van der Waals surface area contributed by atoms with Crippen LogP contribution < -0.4 is 0 Å². The minimum absolute atomic E-state index is 0. The van der Waals surface area contributed by atoms with Crippen LogP contribution >= 0.6 is 0 Å². The third-order valence-corrected chi connectivity index (χ3v) is 0.771. The van der Waals surface area contributed by atoms with Gasteiger partial charge in [-0.3, -0.25) is 0 Å². The predicted molar refractivity (Wildman–Crippen MR) is 44.4 cm³/mol.